The monoisotopic (exact) mass is 296 g/mol. The van der Waals surface area contributed by atoms with Crippen molar-refractivity contribution in [3.05, 3.63) is 29.6 Å². The second kappa shape index (κ2) is 7.06. The van der Waals surface area contributed by atoms with E-state index in [0.717, 1.165) is 0 Å². The Morgan fingerprint density at radius 3 is 2.52 bits per heavy atom. The molecule has 0 spiro atoms. The van der Waals surface area contributed by atoms with Gasteiger partial charge in [-0.3, -0.25) is 4.79 Å². The third-order valence-electron chi connectivity index (χ3n) is 2.48. The van der Waals surface area contributed by atoms with Crippen molar-refractivity contribution in [3.63, 3.8) is 0 Å². The summed E-state index contributed by atoms with van der Waals surface area (Å²) in [5.41, 5.74) is 0.325. The highest BCUT2D eigenvalue weighted by Crippen LogP contribution is 2.13. The maximum absolute atomic E-state index is 13.3. The molecule has 1 aromatic rings. The van der Waals surface area contributed by atoms with E-state index in [2.05, 4.69) is 10.6 Å². The molecule has 21 heavy (non-hydrogen) atoms. The van der Waals surface area contributed by atoms with Gasteiger partial charge in [0.1, 0.15) is 11.4 Å². The lowest BCUT2D eigenvalue weighted by atomic mass is 10.2. The third-order valence-corrected chi connectivity index (χ3v) is 2.48. The Kier molecular flexibility index (Phi) is 5.69. The average Bonchev–Trinajstić information content (AvgIpc) is 2.31. The largest absolute Gasteiger partial charge is 0.444 e. The number of alkyl carbamates (subject to hydrolysis) is 1. The quantitative estimate of drug-likeness (QED) is 0.897. The fourth-order valence-corrected chi connectivity index (χ4v) is 1.49. The highest BCUT2D eigenvalue weighted by molar-refractivity contribution is 5.91. The van der Waals surface area contributed by atoms with E-state index in [4.69, 9.17) is 4.74 Å². The van der Waals surface area contributed by atoms with Crippen LogP contribution in [-0.2, 0) is 9.53 Å². The lowest BCUT2D eigenvalue weighted by Gasteiger charge is -2.19. The molecule has 0 aliphatic carbocycles. The maximum atomic E-state index is 13.3. The second-order valence-corrected chi connectivity index (χ2v) is 5.69. The SMILES string of the molecule is Cc1ccc(NC(=O)CCNC(=O)OC(C)(C)C)cc1F. The van der Waals surface area contributed by atoms with Gasteiger partial charge in [-0.25, -0.2) is 9.18 Å². The Hall–Kier alpha value is -2.11. The van der Waals surface area contributed by atoms with Crippen LogP contribution in [0.25, 0.3) is 0 Å². The smallest absolute Gasteiger partial charge is 0.407 e. The molecule has 0 fully saturated rings. The van der Waals surface area contributed by atoms with Crippen LogP contribution in [0.5, 0.6) is 0 Å². The van der Waals surface area contributed by atoms with Gasteiger partial charge in [0.05, 0.1) is 0 Å². The molecule has 0 radical (unpaired) electrons. The van der Waals surface area contributed by atoms with E-state index < -0.39 is 11.7 Å². The van der Waals surface area contributed by atoms with E-state index in [1.54, 1.807) is 39.8 Å². The predicted octanol–water partition coefficient (Wildman–Crippen LogP) is 2.99. The van der Waals surface area contributed by atoms with Crippen molar-refractivity contribution in [2.24, 2.45) is 0 Å². The van der Waals surface area contributed by atoms with Gasteiger partial charge in [-0.15, -0.1) is 0 Å². The molecule has 0 heterocycles. The van der Waals surface area contributed by atoms with Crippen LogP contribution >= 0.6 is 0 Å². The molecule has 0 unspecified atom stereocenters. The number of benzene rings is 1. The van der Waals surface area contributed by atoms with Gasteiger partial charge in [0.15, 0.2) is 0 Å². The number of aryl methyl sites for hydroxylation is 1. The number of hydrogen-bond donors (Lipinski definition) is 2. The van der Waals surface area contributed by atoms with Gasteiger partial charge >= 0.3 is 6.09 Å². The van der Waals surface area contributed by atoms with Crippen LogP contribution < -0.4 is 10.6 Å². The van der Waals surface area contributed by atoms with Crippen molar-refractivity contribution in [2.75, 3.05) is 11.9 Å². The molecule has 0 saturated heterocycles. The molecule has 0 aliphatic heterocycles. The average molecular weight is 296 g/mol. The lowest BCUT2D eigenvalue weighted by molar-refractivity contribution is -0.116. The summed E-state index contributed by atoms with van der Waals surface area (Å²) in [6, 6.07) is 4.47. The van der Waals surface area contributed by atoms with E-state index in [1.807, 2.05) is 0 Å². The first kappa shape index (κ1) is 16.9. The van der Waals surface area contributed by atoms with Gasteiger partial charge in [-0.05, 0) is 45.4 Å². The van der Waals surface area contributed by atoms with E-state index in [-0.39, 0.29) is 24.7 Å². The number of amides is 2. The summed E-state index contributed by atoms with van der Waals surface area (Å²) in [7, 11) is 0. The van der Waals surface area contributed by atoms with Crippen molar-refractivity contribution in [2.45, 2.75) is 39.7 Å². The standard InChI is InChI=1S/C15H21FN2O3/c1-10-5-6-11(9-12(10)16)18-13(19)7-8-17-14(20)21-15(2,3)4/h5-6,9H,7-8H2,1-4H3,(H,17,20)(H,18,19). The molecule has 116 valence electrons. The molecular weight excluding hydrogens is 275 g/mol. The van der Waals surface area contributed by atoms with Crippen molar-refractivity contribution in [1.29, 1.82) is 0 Å². The van der Waals surface area contributed by atoms with Crippen molar-refractivity contribution in [1.82, 2.24) is 5.32 Å². The molecule has 0 aromatic heterocycles. The van der Waals surface area contributed by atoms with Gasteiger partial charge in [-0.2, -0.15) is 0 Å². The summed E-state index contributed by atoms with van der Waals surface area (Å²) >= 11 is 0. The number of halogens is 1. The van der Waals surface area contributed by atoms with Crippen LogP contribution in [0.2, 0.25) is 0 Å². The number of rotatable bonds is 4. The van der Waals surface area contributed by atoms with Gasteiger partial charge in [0, 0.05) is 18.7 Å². The maximum Gasteiger partial charge on any atom is 0.407 e. The predicted molar refractivity (Wildman–Crippen MR) is 78.6 cm³/mol. The topological polar surface area (TPSA) is 67.4 Å². The van der Waals surface area contributed by atoms with E-state index >= 15 is 0 Å². The number of anilines is 1. The number of carbonyl (C=O) groups excluding carboxylic acids is 2. The van der Waals surface area contributed by atoms with Gasteiger partial charge in [-0.1, -0.05) is 6.07 Å². The highest BCUT2D eigenvalue weighted by Gasteiger charge is 2.15. The molecule has 1 aromatic carbocycles. The van der Waals surface area contributed by atoms with Crippen LogP contribution in [0.15, 0.2) is 18.2 Å². The number of carbonyl (C=O) groups is 2. The van der Waals surface area contributed by atoms with E-state index in [0.29, 0.717) is 11.3 Å². The van der Waals surface area contributed by atoms with E-state index in [1.165, 1.54) is 6.07 Å². The molecule has 0 atom stereocenters. The first-order chi connectivity index (χ1) is 9.67. The second-order valence-electron chi connectivity index (χ2n) is 5.69. The Morgan fingerprint density at radius 2 is 1.95 bits per heavy atom. The van der Waals surface area contributed by atoms with Gasteiger partial charge in [0.2, 0.25) is 5.91 Å². The number of hydrogen-bond acceptors (Lipinski definition) is 3. The summed E-state index contributed by atoms with van der Waals surface area (Å²) in [5, 5.41) is 5.04. The third kappa shape index (κ3) is 6.74. The van der Waals surface area contributed by atoms with Crippen molar-refractivity contribution < 1.29 is 18.7 Å². The highest BCUT2D eigenvalue weighted by atomic mass is 19.1. The summed E-state index contributed by atoms with van der Waals surface area (Å²) in [4.78, 5) is 23.0. The van der Waals surface area contributed by atoms with Crippen LogP contribution in [-0.4, -0.2) is 24.1 Å². The Morgan fingerprint density at radius 1 is 1.29 bits per heavy atom. The summed E-state index contributed by atoms with van der Waals surface area (Å²) in [6.45, 7) is 7.06. The zero-order chi connectivity index (χ0) is 16.0. The van der Waals surface area contributed by atoms with Crippen LogP contribution in [0, 0.1) is 12.7 Å². The molecule has 5 nitrogen and oxygen atoms in total. The Bertz CT molecular complexity index is 524. The fourth-order valence-electron chi connectivity index (χ4n) is 1.49. The number of nitrogens with one attached hydrogen (secondary N) is 2. The van der Waals surface area contributed by atoms with Crippen molar-refractivity contribution >= 4 is 17.7 Å². The zero-order valence-corrected chi connectivity index (χ0v) is 12.7. The summed E-state index contributed by atoms with van der Waals surface area (Å²) in [5.74, 6) is -0.686. The molecule has 2 N–H and O–H groups in total. The van der Waals surface area contributed by atoms with Crippen LogP contribution in [0.4, 0.5) is 14.9 Å². The van der Waals surface area contributed by atoms with Gasteiger partial charge in [0.25, 0.3) is 0 Å². The minimum atomic E-state index is -0.578. The first-order valence-corrected chi connectivity index (χ1v) is 6.70. The first-order valence-electron chi connectivity index (χ1n) is 6.70. The zero-order valence-electron chi connectivity index (χ0n) is 12.7. The number of ether oxygens (including phenoxy) is 1. The molecule has 1 rings (SSSR count). The minimum Gasteiger partial charge on any atom is -0.444 e. The van der Waals surface area contributed by atoms with Crippen LogP contribution in [0.3, 0.4) is 0 Å². The fraction of sp³-hybridized carbons (Fsp3) is 0.467. The molecule has 2 amide bonds. The molecular formula is C15H21FN2O3. The summed E-state index contributed by atoms with van der Waals surface area (Å²) in [6.07, 6.45) is -0.494. The Balaban J connectivity index is 2.34. The lowest BCUT2D eigenvalue weighted by Crippen LogP contribution is -2.34. The molecule has 0 saturated carbocycles. The van der Waals surface area contributed by atoms with E-state index in [9.17, 15) is 14.0 Å². The molecule has 0 aliphatic rings. The Labute approximate surface area is 123 Å². The van der Waals surface area contributed by atoms with Crippen LogP contribution in [0.1, 0.15) is 32.8 Å². The molecule has 0 bridgehead atoms. The normalized spacial score (nSPS) is 10.9. The van der Waals surface area contributed by atoms with Crippen molar-refractivity contribution in [3.8, 4) is 0 Å². The van der Waals surface area contributed by atoms with Gasteiger partial charge < -0.3 is 15.4 Å². The minimum absolute atomic E-state index is 0.0781. The summed E-state index contributed by atoms with van der Waals surface area (Å²) < 4.78 is 18.4. The molecule has 6 heteroatoms.